The van der Waals surface area contributed by atoms with E-state index in [4.69, 9.17) is 0 Å². The molecule has 0 N–H and O–H groups in total. The van der Waals surface area contributed by atoms with Gasteiger partial charge in [-0.25, -0.2) is 0 Å². The van der Waals surface area contributed by atoms with E-state index in [2.05, 4.69) is 62.2 Å². The zero-order valence-electron chi connectivity index (χ0n) is 11.6. The number of aromatic nitrogens is 1. The largest absolute Gasteiger partial charge is 0.256 e. The van der Waals surface area contributed by atoms with Gasteiger partial charge >= 0.3 is 0 Å². The summed E-state index contributed by atoms with van der Waals surface area (Å²) in [4.78, 5) is 4.54. The van der Waals surface area contributed by atoms with Gasteiger partial charge in [0.15, 0.2) is 0 Å². The lowest BCUT2D eigenvalue weighted by Gasteiger charge is -2.14. The Hall–Kier alpha value is -2.15. The molecule has 0 radical (unpaired) electrons. The second-order valence-electron chi connectivity index (χ2n) is 5.08. The number of benzene rings is 2. The zero-order chi connectivity index (χ0) is 13.4. The van der Waals surface area contributed by atoms with Gasteiger partial charge in [0.1, 0.15) is 0 Å². The maximum absolute atomic E-state index is 4.54. The first kappa shape index (κ1) is 11.9. The summed E-state index contributed by atoms with van der Waals surface area (Å²) < 4.78 is 0. The number of nitrogens with zero attached hydrogens (tertiary/aromatic N) is 1. The normalized spacial score (nSPS) is 10.9. The summed E-state index contributed by atoms with van der Waals surface area (Å²) in [6.45, 7) is 6.52. The zero-order valence-corrected chi connectivity index (χ0v) is 11.6. The van der Waals surface area contributed by atoms with E-state index >= 15 is 0 Å². The van der Waals surface area contributed by atoms with Crippen molar-refractivity contribution < 1.29 is 0 Å². The maximum atomic E-state index is 4.54. The number of hydrogen-bond donors (Lipinski definition) is 0. The van der Waals surface area contributed by atoms with E-state index in [1.54, 1.807) is 0 Å². The number of rotatable bonds is 1. The molecule has 0 atom stereocenters. The van der Waals surface area contributed by atoms with Crippen LogP contribution in [0.25, 0.3) is 22.0 Å². The highest BCUT2D eigenvalue weighted by Crippen LogP contribution is 2.33. The van der Waals surface area contributed by atoms with E-state index in [1.807, 2.05) is 12.3 Å². The molecule has 0 bridgehead atoms. The Balaban J connectivity index is 2.39. The van der Waals surface area contributed by atoms with Gasteiger partial charge in [0.25, 0.3) is 0 Å². The quantitative estimate of drug-likeness (QED) is 0.600. The Morgan fingerprint density at radius 1 is 0.842 bits per heavy atom. The van der Waals surface area contributed by atoms with Gasteiger partial charge in [0, 0.05) is 11.6 Å². The van der Waals surface area contributed by atoms with E-state index in [1.165, 1.54) is 33.2 Å². The topological polar surface area (TPSA) is 12.9 Å². The Morgan fingerprint density at radius 2 is 1.63 bits per heavy atom. The van der Waals surface area contributed by atoms with Crippen molar-refractivity contribution in [2.75, 3.05) is 0 Å². The van der Waals surface area contributed by atoms with Crippen molar-refractivity contribution in [1.29, 1.82) is 0 Å². The van der Waals surface area contributed by atoms with Gasteiger partial charge in [-0.05, 0) is 60.7 Å². The standard InChI is InChI=1S/C18H17N/c1-12-7-4-5-9-16(12)17-13(2)11-15-8-6-10-19-18(15)14(17)3/h4-11H,1-3H3. The molecule has 0 saturated heterocycles. The van der Waals surface area contributed by atoms with Crippen LogP contribution < -0.4 is 0 Å². The third kappa shape index (κ3) is 1.91. The summed E-state index contributed by atoms with van der Waals surface area (Å²) in [6, 6.07) is 14.9. The monoisotopic (exact) mass is 247 g/mol. The van der Waals surface area contributed by atoms with Crippen molar-refractivity contribution in [1.82, 2.24) is 4.98 Å². The molecule has 3 rings (SSSR count). The lowest BCUT2D eigenvalue weighted by Crippen LogP contribution is -1.93. The van der Waals surface area contributed by atoms with Crippen LogP contribution in [0, 0.1) is 20.8 Å². The predicted molar refractivity (Wildman–Crippen MR) is 81.4 cm³/mol. The minimum absolute atomic E-state index is 1.10. The van der Waals surface area contributed by atoms with E-state index in [-0.39, 0.29) is 0 Å². The van der Waals surface area contributed by atoms with E-state index in [0.717, 1.165) is 5.52 Å². The summed E-state index contributed by atoms with van der Waals surface area (Å²) in [5.41, 5.74) is 7.63. The highest BCUT2D eigenvalue weighted by molar-refractivity contribution is 5.91. The minimum Gasteiger partial charge on any atom is -0.256 e. The summed E-state index contributed by atoms with van der Waals surface area (Å²) in [6.07, 6.45) is 1.87. The van der Waals surface area contributed by atoms with Crippen LogP contribution in [0.2, 0.25) is 0 Å². The predicted octanol–water partition coefficient (Wildman–Crippen LogP) is 4.83. The Morgan fingerprint density at radius 3 is 2.42 bits per heavy atom. The van der Waals surface area contributed by atoms with Gasteiger partial charge < -0.3 is 0 Å². The lowest BCUT2D eigenvalue weighted by atomic mass is 9.91. The molecule has 1 nitrogen and oxygen atoms in total. The molecule has 19 heavy (non-hydrogen) atoms. The molecule has 0 spiro atoms. The van der Waals surface area contributed by atoms with Crippen LogP contribution in [-0.4, -0.2) is 4.98 Å². The SMILES string of the molecule is Cc1ccccc1-c1c(C)cc2cccnc2c1C. The van der Waals surface area contributed by atoms with E-state index < -0.39 is 0 Å². The first-order chi connectivity index (χ1) is 9.18. The molecule has 0 aliphatic carbocycles. The molecule has 1 aromatic heterocycles. The van der Waals surface area contributed by atoms with Gasteiger partial charge in [-0.3, -0.25) is 4.98 Å². The van der Waals surface area contributed by atoms with Crippen molar-refractivity contribution >= 4 is 10.9 Å². The summed E-state index contributed by atoms with van der Waals surface area (Å²) in [5.74, 6) is 0. The fraction of sp³-hybridized carbons (Fsp3) is 0.167. The summed E-state index contributed by atoms with van der Waals surface area (Å²) in [5, 5.41) is 1.22. The van der Waals surface area contributed by atoms with Crippen LogP contribution in [0.1, 0.15) is 16.7 Å². The number of aryl methyl sites for hydroxylation is 3. The van der Waals surface area contributed by atoms with Crippen molar-refractivity contribution in [2.24, 2.45) is 0 Å². The van der Waals surface area contributed by atoms with Crippen LogP contribution in [0.15, 0.2) is 48.7 Å². The van der Waals surface area contributed by atoms with Gasteiger partial charge in [0.05, 0.1) is 5.52 Å². The molecule has 0 unspecified atom stereocenters. The molecule has 0 amide bonds. The van der Waals surface area contributed by atoms with Gasteiger partial charge in [0.2, 0.25) is 0 Å². The molecule has 1 heteroatoms. The molecule has 1 heterocycles. The summed E-state index contributed by atoms with van der Waals surface area (Å²) >= 11 is 0. The van der Waals surface area contributed by atoms with Crippen LogP contribution in [0.5, 0.6) is 0 Å². The fourth-order valence-corrected chi connectivity index (χ4v) is 2.83. The molecular formula is C18H17N. The fourth-order valence-electron chi connectivity index (χ4n) is 2.83. The Kier molecular flexibility index (Phi) is 2.83. The third-order valence-corrected chi connectivity index (χ3v) is 3.75. The van der Waals surface area contributed by atoms with Crippen molar-refractivity contribution in [3.63, 3.8) is 0 Å². The van der Waals surface area contributed by atoms with E-state index in [9.17, 15) is 0 Å². The average Bonchev–Trinajstić information content (AvgIpc) is 2.41. The van der Waals surface area contributed by atoms with Crippen LogP contribution in [0.4, 0.5) is 0 Å². The third-order valence-electron chi connectivity index (χ3n) is 3.75. The van der Waals surface area contributed by atoms with Crippen LogP contribution >= 0.6 is 0 Å². The molecule has 0 fully saturated rings. The van der Waals surface area contributed by atoms with Crippen LogP contribution in [0.3, 0.4) is 0 Å². The first-order valence-corrected chi connectivity index (χ1v) is 6.59. The smallest absolute Gasteiger partial charge is 0.0737 e. The Labute approximate surface area is 113 Å². The number of fused-ring (bicyclic) bond motifs is 1. The van der Waals surface area contributed by atoms with Crippen LogP contribution in [-0.2, 0) is 0 Å². The molecule has 0 saturated carbocycles. The highest BCUT2D eigenvalue weighted by atomic mass is 14.6. The van der Waals surface area contributed by atoms with Crippen molar-refractivity contribution in [3.8, 4) is 11.1 Å². The van der Waals surface area contributed by atoms with Gasteiger partial charge in [-0.1, -0.05) is 30.3 Å². The number of hydrogen-bond acceptors (Lipinski definition) is 1. The van der Waals surface area contributed by atoms with Gasteiger partial charge in [-0.2, -0.15) is 0 Å². The molecule has 2 aromatic carbocycles. The maximum Gasteiger partial charge on any atom is 0.0737 e. The second kappa shape index (κ2) is 4.51. The van der Waals surface area contributed by atoms with Crippen molar-refractivity contribution in [3.05, 3.63) is 65.4 Å². The van der Waals surface area contributed by atoms with Crippen molar-refractivity contribution in [2.45, 2.75) is 20.8 Å². The Bertz CT molecular complexity index is 757. The number of pyridine rings is 1. The average molecular weight is 247 g/mol. The highest BCUT2D eigenvalue weighted by Gasteiger charge is 2.11. The molecular weight excluding hydrogens is 230 g/mol. The first-order valence-electron chi connectivity index (χ1n) is 6.59. The molecule has 0 aliphatic rings. The van der Waals surface area contributed by atoms with E-state index in [0.29, 0.717) is 0 Å². The molecule has 94 valence electrons. The minimum atomic E-state index is 1.10. The van der Waals surface area contributed by atoms with Gasteiger partial charge in [-0.15, -0.1) is 0 Å². The molecule has 0 aliphatic heterocycles. The second-order valence-corrected chi connectivity index (χ2v) is 5.08. The summed E-state index contributed by atoms with van der Waals surface area (Å²) in [7, 11) is 0. The lowest BCUT2D eigenvalue weighted by molar-refractivity contribution is 1.33. The molecule has 3 aromatic rings.